The van der Waals surface area contributed by atoms with Crippen LogP contribution in [0.25, 0.3) is 0 Å². The number of hydrogen-bond acceptors (Lipinski definition) is 4. The molecule has 3 aromatic rings. The Labute approximate surface area is 151 Å². The first kappa shape index (κ1) is 17.4. The Morgan fingerprint density at radius 1 is 1.16 bits per heavy atom. The maximum atomic E-state index is 12.1. The topological polar surface area (TPSA) is 55.1 Å². The number of carbonyl (C=O) groups excluding carboxylic acids is 1. The Kier molecular flexibility index (Phi) is 5.66. The van der Waals surface area contributed by atoms with E-state index in [9.17, 15) is 4.79 Å². The van der Waals surface area contributed by atoms with E-state index in [0.29, 0.717) is 16.7 Å². The fraction of sp³-hybridized carbons (Fsp3) is 0.300. The lowest BCUT2D eigenvalue weighted by Crippen LogP contribution is -2.10. The van der Waals surface area contributed by atoms with Gasteiger partial charge in [-0.25, -0.2) is 4.98 Å². The molecule has 1 N–H and O–H groups in total. The highest BCUT2D eigenvalue weighted by Crippen LogP contribution is 2.22. The fourth-order valence-electron chi connectivity index (χ4n) is 2.57. The van der Waals surface area contributed by atoms with Gasteiger partial charge in [-0.05, 0) is 43.0 Å². The zero-order valence-corrected chi connectivity index (χ0v) is 15.4. The van der Waals surface area contributed by atoms with Crippen LogP contribution in [0.4, 0.5) is 5.13 Å². The molecule has 0 fully saturated rings. The Morgan fingerprint density at radius 2 is 1.92 bits per heavy atom. The van der Waals surface area contributed by atoms with Crippen LogP contribution in [0, 0.1) is 6.92 Å². The summed E-state index contributed by atoms with van der Waals surface area (Å²) in [4.78, 5) is 17.5. The minimum absolute atomic E-state index is 0.269. The summed E-state index contributed by atoms with van der Waals surface area (Å²) in [6.45, 7) is 4.02. The van der Waals surface area contributed by atoms with Gasteiger partial charge in [-0.2, -0.15) is 0 Å². The van der Waals surface area contributed by atoms with Crippen molar-refractivity contribution in [2.75, 3.05) is 5.32 Å². The Morgan fingerprint density at radius 3 is 2.60 bits per heavy atom. The second kappa shape index (κ2) is 8.12. The van der Waals surface area contributed by atoms with Gasteiger partial charge in [-0.15, -0.1) is 11.3 Å². The summed E-state index contributed by atoms with van der Waals surface area (Å²) >= 11 is 1.49. The Balaban J connectivity index is 1.58. The molecule has 0 aliphatic carbocycles. The van der Waals surface area contributed by atoms with Gasteiger partial charge in [0.1, 0.15) is 5.76 Å². The van der Waals surface area contributed by atoms with Crippen LogP contribution in [0.2, 0.25) is 0 Å². The highest BCUT2D eigenvalue weighted by atomic mass is 32.1. The lowest BCUT2D eigenvalue weighted by molar-refractivity contribution is 0.0995. The molecule has 5 heteroatoms. The first-order valence-electron chi connectivity index (χ1n) is 8.54. The van der Waals surface area contributed by atoms with E-state index in [0.717, 1.165) is 17.7 Å². The number of nitrogens with one attached hydrogen (secondary N) is 1. The number of benzene rings is 1. The number of nitrogens with zero attached hydrogens (tertiary/aromatic N) is 1. The molecule has 2 aromatic heterocycles. The second-order valence-corrected chi connectivity index (χ2v) is 7.21. The van der Waals surface area contributed by atoms with E-state index in [-0.39, 0.29) is 5.91 Å². The van der Waals surface area contributed by atoms with Crippen LogP contribution in [0.15, 0.2) is 47.0 Å². The number of aromatic nitrogens is 1. The number of anilines is 1. The van der Waals surface area contributed by atoms with Gasteiger partial charge in [0.05, 0.1) is 0 Å². The van der Waals surface area contributed by atoms with E-state index in [1.54, 1.807) is 12.1 Å². The van der Waals surface area contributed by atoms with Crippen molar-refractivity contribution in [1.82, 2.24) is 4.98 Å². The third kappa shape index (κ3) is 4.79. The molecule has 3 rings (SSSR count). The molecule has 0 aliphatic heterocycles. The number of carbonyl (C=O) groups is 1. The van der Waals surface area contributed by atoms with Gasteiger partial charge < -0.3 is 4.42 Å². The quantitative estimate of drug-likeness (QED) is 0.632. The summed E-state index contributed by atoms with van der Waals surface area (Å²) in [5.41, 5.74) is 2.64. The number of hydrogen-bond donors (Lipinski definition) is 1. The molecule has 0 unspecified atom stereocenters. The molecule has 0 atom stereocenters. The van der Waals surface area contributed by atoms with Crippen molar-refractivity contribution >= 4 is 22.4 Å². The van der Waals surface area contributed by atoms with Gasteiger partial charge in [0, 0.05) is 17.5 Å². The van der Waals surface area contributed by atoms with Crippen LogP contribution in [-0.2, 0) is 12.8 Å². The molecule has 4 nitrogen and oxygen atoms in total. The summed E-state index contributed by atoms with van der Waals surface area (Å²) in [5.74, 6) is 0.749. The first-order chi connectivity index (χ1) is 12.1. The van der Waals surface area contributed by atoms with Gasteiger partial charge in [0.15, 0.2) is 10.9 Å². The molecule has 0 spiro atoms. The molecular formula is C20H22N2O2S. The Hall–Kier alpha value is -2.40. The molecular weight excluding hydrogens is 332 g/mol. The van der Waals surface area contributed by atoms with Crippen LogP contribution in [0.3, 0.4) is 0 Å². The minimum atomic E-state index is -0.269. The maximum Gasteiger partial charge on any atom is 0.293 e. The zero-order chi connectivity index (χ0) is 17.6. The second-order valence-electron chi connectivity index (χ2n) is 6.09. The van der Waals surface area contributed by atoms with Crippen LogP contribution in [0.5, 0.6) is 0 Å². The van der Waals surface area contributed by atoms with Gasteiger partial charge in [0.2, 0.25) is 0 Å². The normalized spacial score (nSPS) is 10.8. The van der Waals surface area contributed by atoms with Crippen LogP contribution in [0.1, 0.15) is 52.1 Å². The standard InChI is InChI=1S/C20H22N2O2S/c1-3-4-5-15-7-9-16(10-8-15)12-17-13-21-20(25-17)22-19(23)18-11-6-14(2)24-18/h6-11,13H,3-5,12H2,1-2H3,(H,21,22,23). The van der Waals surface area contributed by atoms with Crippen molar-refractivity contribution in [2.24, 2.45) is 0 Å². The molecule has 0 aliphatic rings. The Bertz CT molecular complexity index is 834. The number of unbranched alkanes of at least 4 members (excludes halogenated alkanes) is 1. The smallest absolute Gasteiger partial charge is 0.293 e. The molecule has 130 valence electrons. The molecule has 25 heavy (non-hydrogen) atoms. The SMILES string of the molecule is CCCCc1ccc(Cc2cnc(NC(=O)c3ccc(C)o3)s2)cc1. The minimum Gasteiger partial charge on any atom is -0.456 e. The van der Waals surface area contributed by atoms with Crippen LogP contribution < -0.4 is 5.32 Å². The average molecular weight is 354 g/mol. The van der Waals surface area contributed by atoms with Crippen molar-refractivity contribution in [1.29, 1.82) is 0 Å². The molecule has 2 heterocycles. The van der Waals surface area contributed by atoms with Crippen molar-refractivity contribution in [3.63, 3.8) is 0 Å². The van der Waals surface area contributed by atoms with Crippen molar-refractivity contribution < 1.29 is 9.21 Å². The van der Waals surface area contributed by atoms with E-state index in [1.807, 2.05) is 13.1 Å². The highest BCUT2D eigenvalue weighted by molar-refractivity contribution is 7.15. The number of furan rings is 1. The lowest BCUT2D eigenvalue weighted by atomic mass is 10.0. The van der Waals surface area contributed by atoms with E-state index >= 15 is 0 Å². The largest absolute Gasteiger partial charge is 0.456 e. The molecule has 1 amide bonds. The third-order valence-electron chi connectivity index (χ3n) is 3.96. The van der Waals surface area contributed by atoms with Crippen molar-refractivity contribution in [3.8, 4) is 0 Å². The fourth-order valence-corrected chi connectivity index (χ4v) is 3.41. The third-order valence-corrected chi connectivity index (χ3v) is 4.87. The summed E-state index contributed by atoms with van der Waals surface area (Å²) in [7, 11) is 0. The highest BCUT2D eigenvalue weighted by Gasteiger charge is 2.12. The number of aryl methyl sites for hydroxylation is 2. The summed E-state index contributed by atoms with van der Waals surface area (Å²) < 4.78 is 5.32. The number of amides is 1. The molecule has 1 aromatic carbocycles. The predicted octanol–water partition coefficient (Wildman–Crippen LogP) is 5.23. The van der Waals surface area contributed by atoms with Crippen molar-refractivity contribution in [2.45, 2.75) is 39.5 Å². The van der Waals surface area contributed by atoms with Crippen molar-refractivity contribution in [3.05, 3.63) is 70.1 Å². The monoisotopic (exact) mass is 354 g/mol. The van der Waals surface area contributed by atoms with Gasteiger partial charge in [-0.3, -0.25) is 10.1 Å². The molecule has 0 radical (unpaired) electrons. The van der Waals surface area contributed by atoms with E-state index in [4.69, 9.17) is 4.42 Å². The van der Waals surface area contributed by atoms with Crippen LogP contribution >= 0.6 is 11.3 Å². The molecule has 0 saturated carbocycles. The number of rotatable bonds is 7. The summed E-state index contributed by atoms with van der Waals surface area (Å²) in [6.07, 6.45) is 6.22. The maximum absolute atomic E-state index is 12.1. The van der Waals surface area contributed by atoms with Gasteiger partial charge >= 0.3 is 0 Å². The van der Waals surface area contributed by atoms with E-state index in [2.05, 4.69) is 41.5 Å². The number of thiazole rings is 1. The summed E-state index contributed by atoms with van der Waals surface area (Å²) in [5, 5.41) is 3.38. The zero-order valence-electron chi connectivity index (χ0n) is 14.5. The van der Waals surface area contributed by atoms with Gasteiger partial charge in [-0.1, -0.05) is 37.6 Å². The molecule has 0 saturated heterocycles. The van der Waals surface area contributed by atoms with E-state index in [1.165, 1.54) is 35.3 Å². The average Bonchev–Trinajstić information content (AvgIpc) is 3.23. The first-order valence-corrected chi connectivity index (χ1v) is 9.36. The van der Waals surface area contributed by atoms with E-state index < -0.39 is 0 Å². The van der Waals surface area contributed by atoms with Crippen LogP contribution in [-0.4, -0.2) is 10.9 Å². The predicted molar refractivity (Wildman–Crippen MR) is 101 cm³/mol. The molecule has 0 bridgehead atoms. The summed E-state index contributed by atoms with van der Waals surface area (Å²) in [6, 6.07) is 12.2. The lowest BCUT2D eigenvalue weighted by Gasteiger charge is -2.02. The van der Waals surface area contributed by atoms with Gasteiger partial charge in [0.25, 0.3) is 5.91 Å².